The molecule has 0 aromatic rings. The molecule has 0 spiro atoms. The van der Waals surface area contributed by atoms with E-state index in [1.165, 1.54) is 5.56 Å². The first kappa shape index (κ1) is 17.4. The largest absolute Gasteiger partial charge is 0.243 e. The highest BCUT2D eigenvalue weighted by molar-refractivity contribution is 7.89. The van der Waals surface area contributed by atoms with Crippen molar-refractivity contribution in [1.82, 2.24) is 4.31 Å². The Labute approximate surface area is 146 Å². The summed E-state index contributed by atoms with van der Waals surface area (Å²) < 4.78 is 28.2. The number of nitrogens with zero attached hydrogens (tertiary/aromatic N) is 1. The van der Waals surface area contributed by atoms with Crippen LogP contribution in [0.4, 0.5) is 0 Å². The monoisotopic (exact) mass is 345 g/mol. The Balaban J connectivity index is 2.22. The molecule has 24 heavy (non-hydrogen) atoms. The second-order valence-electron chi connectivity index (χ2n) is 7.40. The van der Waals surface area contributed by atoms with Crippen LogP contribution in [-0.4, -0.2) is 25.3 Å². The van der Waals surface area contributed by atoms with Gasteiger partial charge in [-0.05, 0) is 67.9 Å². The van der Waals surface area contributed by atoms with Crippen molar-refractivity contribution in [2.75, 3.05) is 6.54 Å². The van der Waals surface area contributed by atoms with E-state index in [0.717, 1.165) is 35.1 Å². The van der Waals surface area contributed by atoms with Crippen molar-refractivity contribution in [3.8, 4) is 11.1 Å². The third-order valence-corrected chi connectivity index (χ3v) is 7.30. The number of rotatable bonds is 3. The molecular weight excluding hydrogens is 318 g/mol. The first-order valence-corrected chi connectivity index (χ1v) is 10.2. The van der Waals surface area contributed by atoms with Gasteiger partial charge in [-0.3, -0.25) is 0 Å². The van der Waals surface area contributed by atoms with Crippen LogP contribution in [0.25, 0.3) is 11.1 Å². The highest BCUT2D eigenvalue weighted by Gasteiger charge is 2.36. The van der Waals surface area contributed by atoms with E-state index < -0.39 is 10.0 Å². The lowest BCUT2D eigenvalue weighted by atomic mass is 10.0. The number of hydrogen-bond donors (Lipinski definition) is 0. The maximum Gasteiger partial charge on any atom is 0.243 e. The van der Waals surface area contributed by atoms with Crippen molar-refractivity contribution < 1.29 is 8.42 Å². The van der Waals surface area contributed by atoms with E-state index in [1.54, 1.807) is 4.31 Å². The average molecular weight is 346 g/mol. The molecule has 3 rings (SSSR count). The van der Waals surface area contributed by atoms with Gasteiger partial charge in [0, 0.05) is 18.2 Å². The van der Waals surface area contributed by atoms with E-state index in [0.29, 0.717) is 17.4 Å². The predicted octanol–water partition coefficient (Wildman–Crippen LogP) is 4.70. The van der Waals surface area contributed by atoms with Gasteiger partial charge < -0.3 is 0 Å². The molecule has 1 fully saturated rings. The fraction of sp³-hybridized carbons (Fsp3) is 0.500. The van der Waals surface area contributed by atoms with Crippen LogP contribution in [0.3, 0.4) is 0 Å². The van der Waals surface area contributed by atoms with E-state index in [4.69, 9.17) is 0 Å². The van der Waals surface area contributed by atoms with E-state index >= 15 is 0 Å². The third-order valence-electron chi connectivity index (χ3n) is 5.26. The highest BCUT2D eigenvalue weighted by Crippen LogP contribution is 2.40. The summed E-state index contributed by atoms with van der Waals surface area (Å²) in [5, 5.41) is 0. The minimum absolute atomic E-state index is 0.0873. The molecular formula is C20H27NO2S. The fourth-order valence-electron chi connectivity index (χ4n) is 3.74. The van der Waals surface area contributed by atoms with Gasteiger partial charge in [0.1, 0.15) is 0 Å². The van der Waals surface area contributed by atoms with E-state index in [9.17, 15) is 8.42 Å². The fourth-order valence-corrected chi connectivity index (χ4v) is 5.80. The predicted molar refractivity (Wildman–Crippen MR) is 99.2 cm³/mol. The standard InChI is InChI=1S/C20H27NO2S/c1-13(2)17-9-8-14(3)20-18(12-17)15(4)11-19(20)24(22,23)21-10-6-7-16(21)5/h8-9,11-13,16H,6-7,10H2,1-5H3. The number of fused-ring (bicyclic) bond motifs is 1. The molecule has 0 saturated carbocycles. The van der Waals surface area contributed by atoms with Crippen LogP contribution in [0, 0.1) is 13.8 Å². The lowest BCUT2D eigenvalue weighted by molar-refractivity contribution is 0.408. The Bertz CT molecular complexity index is 839. The second kappa shape index (κ2) is 6.16. The van der Waals surface area contributed by atoms with Gasteiger partial charge in [0.2, 0.25) is 10.0 Å². The topological polar surface area (TPSA) is 37.4 Å². The molecule has 0 bridgehead atoms. The molecule has 0 aromatic heterocycles. The number of sulfonamides is 1. The summed E-state index contributed by atoms with van der Waals surface area (Å²) in [7, 11) is -3.45. The molecule has 2 aliphatic carbocycles. The van der Waals surface area contributed by atoms with Gasteiger partial charge >= 0.3 is 0 Å². The molecule has 0 amide bonds. The molecule has 0 radical (unpaired) electrons. The Morgan fingerprint density at radius 2 is 1.83 bits per heavy atom. The Hall–Kier alpha value is -1.39. The van der Waals surface area contributed by atoms with Crippen LogP contribution < -0.4 is 0 Å². The quantitative estimate of drug-likeness (QED) is 0.808. The minimum Gasteiger partial charge on any atom is -0.207 e. The molecule has 1 saturated heterocycles. The Morgan fingerprint density at radius 3 is 2.42 bits per heavy atom. The van der Waals surface area contributed by atoms with Crippen LogP contribution in [0.1, 0.15) is 56.2 Å². The molecule has 3 aliphatic rings. The van der Waals surface area contributed by atoms with Crippen molar-refractivity contribution in [3.05, 3.63) is 41.0 Å². The van der Waals surface area contributed by atoms with Crippen LogP contribution in [0.2, 0.25) is 0 Å². The molecule has 1 unspecified atom stereocenters. The van der Waals surface area contributed by atoms with E-state index in [2.05, 4.69) is 32.0 Å². The summed E-state index contributed by atoms with van der Waals surface area (Å²) in [6.45, 7) is 11.0. The molecule has 0 aromatic carbocycles. The summed E-state index contributed by atoms with van der Waals surface area (Å²) >= 11 is 0. The zero-order valence-corrected chi connectivity index (χ0v) is 16.1. The molecule has 1 heterocycles. The molecule has 1 atom stereocenters. The highest BCUT2D eigenvalue weighted by atomic mass is 32.2. The van der Waals surface area contributed by atoms with Gasteiger partial charge in [-0.25, -0.2) is 8.42 Å². The van der Waals surface area contributed by atoms with Gasteiger partial charge in [0.25, 0.3) is 0 Å². The zero-order chi connectivity index (χ0) is 17.6. The van der Waals surface area contributed by atoms with Crippen molar-refractivity contribution in [2.24, 2.45) is 0 Å². The third kappa shape index (κ3) is 2.76. The Kier molecular flexibility index (Phi) is 4.47. The number of hydrogen-bond acceptors (Lipinski definition) is 2. The maximum atomic E-state index is 13.3. The van der Waals surface area contributed by atoms with Crippen molar-refractivity contribution >= 4 is 10.0 Å². The van der Waals surface area contributed by atoms with E-state index in [-0.39, 0.29) is 6.04 Å². The first-order chi connectivity index (χ1) is 11.2. The van der Waals surface area contributed by atoms with Crippen LogP contribution >= 0.6 is 0 Å². The lowest BCUT2D eigenvalue weighted by Gasteiger charge is -2.21. The summed E-state index contributed by atoms with van der Waals surface area (Å²) in [6.07, 6.45) is 1.89. The van der Waals surface area contributed by atoms with E-state index in [1.807, 2.05) is 26.8 Å². The van der Waals surface area contributed by atoms with Gasteiger partial charge in [0.05, 0.1) is 4.90 Å². The van der Waals surface area contributed by atoms with Crippen LogP contribution in [0.5, 0.6) is 0 Å². The minimum atomic E-state index is -3.45. The SMILES string of the molecule is Cc1cc(S(=O)(=O)N2CCCC2C)c2c(C)ccc(C(C)C)cc1-2. The van der Waals surface area contributed by atoms with Crippen molar-refractivity contribution in [2.45, 2.75) is 64.3 Å². The smallest absolute Gasteiger partial charge is 0.207 e. The summed E-state index contributed by atoms with van der Waals surface area (Å²) in [6, 6.07) is 8.29. The first-order valence-electron chi connectivity index (χ1n) is 8.79. The zero-order valence-electron chi connectivity index (χ0n) is 15.3. The summed E-state index contributed by atoms with van der Waals surface area (Å²) in [4.78, 5) is 0.479. The lowest BCUT2D eigenvalue weighted by Crippen LogP contribution is -2.33. The summed E-state index contributed by atoms with van der Waals surface area (Å²) in [5.74, 6) is 0.410. The van der Waals surface area contributed by atoms with Crippen molar-refractivity contribution in [3.63, 3.8) is 0 Å². The van der Waals surface area contributed by atoms with Gasteiger partial charge in [0.15, 0.2) is 0 Å². The average Bonchev–Trinajstić information content (AvgIpc) is 3.02. The van der Waals surface area contributed by atoms with Gasteiger partial charge in [-0.15, -0.1) is 0 Å². The van der Waals surface area contributed by atoms with Gasteiger partial charge in [-0.2, -0.15) is 4.31 Å². The second-order valence-corrected chi connectivity index (χ2v) is 9.26. The number of aryl methyl sites for hydroxylation is 2. The van der Waals surface area contributed by atoms with Gasteiger partial charge in [-0.1, -0.05) is 32.0 Å². The van der Waals surface area contributed by atoms with Crippen molar-refractivity contribution in [1.29, 1.82) is 0 Å². The molecule has 130 valence electrons. The molecule has 3 nitrogen and oxygen atoms in total. The Morgan fingerprint density at radius 1 is 1.12 bits per heavy atom. The normalized spacial score (nSPS) is 19.5. The molecule has 4 heteroatoms. The molecule has 0 N–H and O–H groups in total. The van der Waals surface area contributed by atoms with Crippen LogP contribution in [-0.2, 0) is 10.0 Å². The summed E-state index contributed by atoms with van der Waals surface area (Å²) in [5.41, 5.74) is 5.25. The van der Waals surface area contributed by atoms with Crippen LogP contribution in [0.15, 0.2) is 29.2 Å². The molecule has 1 aliphatic heterocycles. The maximum absolute atomic E-state index is 13.3.